The summed E-state index contributed by atoms with van der Waals surface area (Å²) < 4.78 is 16.4. The maximum absolute atomic E-state index is 13.9. The van der Waals surface area contributed by atoms with Crippen LogP contribution in [0.5, 0.6) is 0 Å². The molecule has 3 nitrogen and oxygen atoms in total. The van der Waals surface area contributed by atoms with Crippen molar-refractivity contribution in [2.24, 2.45) is 0 Å². The van der Waals surface area contributed by atoms with Gasteiger partial charge in [-0.15, -0.1) is 0 Å². The first-order valence-electron chi connectivity index (χ1n) is 5.97. The van der Waals surface area contributed by atoms with Gasteiger partial charge in [-0.25, -0.2) is 13.9 Å². The summed E-state index contributed by atoms with van der Waals surface area (Å²) in [7, 11) is 0. The number of fused-ring (bicyclic) bond motifs is 1. The predicted molar refractivity (Wildman–Crippen MR) is 75.5 cm³/mol. The van der Waals surface area contributed by atoms with Crippen LogP contribution in [-0.2, 0) is 6.42 Å². The van der Waals surface area contributed by atoms with E-state index in [1.807, 2.05) is 6.07 Å². The Labute approximate surface area is 118 Å². The van der Waals surface area contributed by atoms with Gasteiger partial charge in [-0.1, -0.05) is 22.9 Å². The van der Waals surface area contributed by atoms with Crippen molar-refractivity contribution < 1.29 is 4.39 Å². The van der Waals surface area contributed by atoms with Crippen LogP contribution in [0.1, 0.15) is 12.5 Å². The molecular weight excluding hydrogens is 309 g/mol. The fourth-order valence-electron chi connectivity index (χ4n) is 2.05. The second kappa shape index (κ2) is 4.74. The summed E-state index contributed by atoms with van der Waals surface area (Å²) in [5, 5.41) is 4.21. The topological polar surface area (TPSA) is 30.2 Å². The third-order valence-corrected chi connectivity index (χ3v) is 3.52. The van der Waals surface area contributed by atoms with E-state index in [0.29, 0.717) is 15.7 Å². The Morgan fingerprint density at radius 1 is 1.32 bits per heavy atom. The summed E-state index contributed by atoms with van der Waals surface area (Å²) in [6.45, 7) is 2.06. The number of aromatic nitrogens is 3. The quantitative estimate of drug-likeness (QED) is 0.718. The number of imidazole rings is 1. The third kappa shape index (κ3) is 2.14. The van der Waals surface area contributed by atoms with Crippen molar-refractivity contribution in [1.29, 1.82) is 0 Å². The van der Waals surface area contributed by atoms with E-state index in [2.05, 4.69) is 32.9 Å². The lowest BCUT2D eigenvalue weighted by molar-refractivity contribution is 0.630. The van der Waals surface area contributed by atoms with Crippen LogP contribution in [0.3, 0.4) is 0 Å². The third-order valence-electron chi connectivity index (χ3n) is 3.03. The average Bonchev–Trinajstić information content (AvgIpc) is 2.81. The Morgan fingerprint density at radius 2 is 2.16 bits per heavy atom. The minimum Gasteiger partial charge on any atom is -0.227 e. The molecule has 3 rings (SSSR count). The van der Waals surface area contributed by atoms with Crippen LogP contribution < -0.4 is 0 Å². The average molecular weight is 320 g/mol. The number of benzene rings is 1. The van der Waals surface area contributed by atoms with Crippen molar-refractivity contribution in [3.05, 3.63) is 52.5 Å². The van der Waals surface area contributed by atoms with E-state index in [0.717, 1.165) is 17.6 Å². The van der Waals surface area contributed by atoms with Crippen molar-refractivity contribution in [2.45, 2.75) is 13.3 Å². The molecule has 0 saturated heterocycles. The van der Waals surface area contributed by atoms with Gasteiger partial charge >= 0.3 is 0 Å². The predicted octanol–water partition coefficient (Wildman–Crippen LogP) is 3.86. The van der Waals surface area contributed by atoms with Crippen molar-refractivity contribution in [2.75, 3.05) is 0 Å². The lowest BCUT2D eigenvalue weighted by atomic mass is 10.1. The number of nitrogens with zero attached hydrogens (tertiary/aromatic N) is 3. The van der Waals surface area contributed by atoms with Gasteiger partial charge in [0.1, 0.15) is 5.82 Å². The summed E-state index contributed by atoms with van der Waals surface area (Å²) >= 11 is 3.25. The molecule has 0 fully saturated rings. The minimum atomic E-state index is -0.296. The lowest BCUT2D eigenvalue weighted by Gasteiger charge is -1.99. The zero-order valence-electron chi connectivity index (χ0n) is 10.3. The van der Waals surface area contributed by atoms with Crippen LogP contribution in [-0.4, -0.2) is 14.6 Å². The summed E-state index contributed by atoms with van der Waals surface area (Å²) in [5.41, 5.74) is 2.95. The Balaban J connectivity index is 2.20. The molecule has 1 aromatic carbocycles. The monoisotopic (exact) mass is 319 g/mol. The maximum Gasteiger partial charge on any atom is 0.157 e. The van der Waals surface area contributed by atoms with Gasteiger partial charge in [-0.2, -0.15) is 5.10 Å². The van der Waals surface area contributed by atoms with Crippen LogP contribution in [0, 0.1) is 5.82 Å². The molecule has 0 saturated carbocycles. The number of aryl methyl sites for hydroxylation is 1. The van der Waals surface area contributed by atoms with E-state index in [9.17, 15) is 4.39 Å². The van der Waals surface area contributed by atoms with Crippen molar-refractivity contribution in [3.8, 4) is 11.3 Å². The fraction of sp³-hybridized carbons (Fsp3) is 0.143. The van der Waals surface area contributed by atoms with E-state index in [1.54, 1.807) is 29.0 Å². The van der Waals surface area contributed by atoms with Crippen molar-refractivity contribution >= 4 is 21.6 Å². The highest BCUT2D eigenvalue weighted by molar-refractivity contribution is 9.10. The molecule has 5 heteroatoms. The standard InChI is InChI=1S/C14H11BrFN3/c1-2-9-5-6-17-19-8-13(18-14(9)19)11-4-3-10(15)7-12(11)16/h3-8H,2H2,1H3. The highest BCUT2D eigenvalue weighted by Crippen LogP contribution is 2.25. The lowest BCUT2D eigenvalue weighted by Crippen LogP contribution is -1.93. The Morgan fingerprint density at radius 3 is 2.89 bits per heavy atom. The maximum atomic E-state index is 13.9. The highest BCUT2D eigenvalue weighted by atomic mass is 79.9. The molecule has 0 spiro atoms. The molecule has 0 radical (unpaired) electrons. The molecule has 2 heterocycles. The van der Waals surface area contributed by atoms with Gasteiger partial charge in [0.25, 0.3) is 0 Å². The zero-order chi connectivity index (χ0) is 13.4. The van der Waals surface area contributed by atoms with Crippen molar-refractivity contribution in [3.63, 3.8) is 0 Å². The molecule has 0 atom stereocenters. The van der Waals surface area contributed by atoms with Gasteiger partial charge in [-0.3, -0.25) is 0 Å². The normalized spacial score (nSPS) is 11.1. The SMILES string of the molecule is CCc1ccnn2cc(-c3ccc(Br)cc3F)nc12. The molecular formula is C14H11BrFN3. The van der Waals surface area contributed by atoms with Crippen LogP contribution in [0.15, 0.2) is 41.1 Å². The van der Waals surface area contributed by atoms with E-state index in [4.69, 9.17) is 0 Å². The van der Waals surface area contributed by atoms with E-state index in [1.165, 1.54) is 6.07 Å². The zero-order valence-corrected chi connectivity index (χ0v) is 11.9. The molecule has 2 aromatic heterocycles. The summed E-state index contributed by atoms with van der Waals surface area (Å²) in [6.07, 6.45) is 4.35. The summed E-state index contributed by atoms with van der Waals surface area (Å²) in [5.74, 6) is -0.296. The van der Waals surface area contributed by atoms with Crippen LogP contribution >= 0.6 is 15.9 Å². The van der Waals surface area contributed by atoms with Gasteiger partial charge < -0.3 is 0 Å². The molecule has 0 amide bonds. The van der Waals surface area contributed by atoms with Crippen LogP contribution in [0.2, 0.25) is 0 Å². The van der Waals surface area contributed by atoms with E-state index < -0.39 is 0 Å². The summed E-state index contributed by atoms with van der Waals surface area (Å²) in [4.78, 5) is 4.49. The number of halogens is 2. The smallest absolute Gasteiger partial charge is 0.157 e. The molecule has 0 aliphatic rings. The molecule has 0 aliphatic heterocycles. The number of rotatable bonds is 2. The molecule has 0 aliphatic carbocycles. The van der Waals surface area contributed by atoms with Gasteiger partial charge in [0, 0.05) is 16.2 Å². The van der Waals surface area contributed by atoms with Gasteiger partial charge in [0.05, 0.1) is 11.9 Å². The fourth-order valence-corrected chi connectivity index (χ4v) is 2.38. The molecule has 0 N–H and O–H groups in total. The van der Waals surface area contributed by atoms with Crippen molar-refractivity contribution in [1.82, 2.24) is 14.6 Å². The Hall–Kier alpha value is -1.75. The Bertz CT molecular complexity index is 752. The first-order chi connectivity index (χ1) is 9.19. The molecule has 3 aromatic rings. The van der Waals surface area contributed by atoms with Gasteiger partial charge in [-0.05, 0) is 36.2 Å². The second-order valence-electron chi connectivity index (χ2n) is 4.23. The first-order valence-corrected chi connectivity index (χ1v) is 6.77. The molecule has 0 unspecified atom stereocenters. The van der Waals surface area contributed by atoms with Crippen LogP contribution in [0.4, 0.5) is 4.39 Å². The van der Waals surface area contributed by atoms with Gasteiger partial charge in [0.15, 0.2) is 5.65 Å². The number of hydrogen-bond acceptors (Lipinski definition) is 2. The molecule has 0 bridgehead atoms. The summed E-state index contributed by atoms with van der Waals surface area (Å²) in [6, 6.07) is 6.89. The number of hydrogen-bond donors (Lipinski definition) is 0. The highest BCUT2D eigenvalue weighted by Gasteiger charge is 2.11. The first kappa shape index (κ1) is 12.3. The molecule has 96 valence electrons. The largest absolute Gasteiger partial charge is 0.227 e. The van der Waals surface area contributed by atoms with E-state index in [-0.39, 0.29) is 5.82 Å². The molecule has 19 heavy (non-hydrogen) atoms. The second-order valence-corrected chi connectivity index (χ2v) is 5.14. The minimum absolute atomic E-state index is 0.296. The van der Waals surface area contributed by atoms with Crippen LogP contribution in [0.25, 0.3) is 16.9 Å². The van der Waals surface area contributed by atoms with E-state index >= 15 is 0 Å². The Kier molecular flexibility index (Phi) is 3.06. The van der Waals surface area contributed by atoms with Gasteiger partial charge in [0.2, 0.25) is 0 Å².